The molecule has 0 aliphatic carbocycles. The Bertz CT molecular complexity index is 773. The number of hydrogen-bond donors (Lipinski definition) is 0. The van der Waals surface area contributed by atoms with Crippen LogP contribution in [0.25, 0.3) is 0 Å². The van der Waals surface area contributed by atoms with Gasteiger partial charge in [-0.05, 0) is 31.5 Å². The predicted molar refractivity (Wildman–Crippen MR) is 82.3 cm³/mol. The van der Waals surface area contributed by atoms with Crippen LogP contribution in [0.2, 0.25) is 0 Å². The minimum absolute atomic E-state index is 0.00171. The van der Waals surface area contributed by atoms with Crippen molar-refractivity contribution < 1.29 is 22.4 Å². The van der Waals surface area contributed by atoms with Gasteiger partial charge in [-0.2, -0.15) is 0 Å². The lowest BCUT2D eigenvalue weighted by Gasteiger charge is -2.13. The zero-order valence-corrected chi connectivity index (χ0v) is 13.5. The fraction of sp³-hybridized carbons (Fsp3) is 0.312. The fourth-order valence-electron chi connectivity index (χ4n) is 2.03. The van der Waals surface area contributed by atoms with Crippen LogP contribution in [0.3, 0.4) is 0 Å². The molecule has 0 saturated heterocycles. The molecule has 1 unspecified atom stereocenters. The van der Waals surface area contributed by atoms with E-state index in [0.717, 1.165) is 17.4 Å². The van der Waals surface area contributed by atoms with Crippen molar-refractivity contribution in [2.24, 2.45) is 0 Å². The van der Waals surface area contributed by atoms with Crippen molar-refractivity contribution >= 4 is 15.8 Å². The number of sulfone groups is 1. The maximum absolute atomic E-state index is 12.0. The molecule has 2 aromatic rings. The molecule has 5 nitrogen and oxygen atoms in total. The summed E-state index contributed by atoms with van der Waals surface area (Å²) in [7, 11) is -3.21. The first kappa shape index (κ1) is 16.3. The van der Waals surface area contributed by atoms with Crippen LogP contribution in [0, 0.1) is 6.92 Å². The Morgan fingerprint density at radius 2 is 2.00 bits per heavy atom. The Morgan fingerprint density at radius 1 is 1.27 bits per heavy atom. The lowest BCUT2D eigenvalue weighted by atomic mass is 10.1. The summed E-state index contributed by atoms with van der Waals surface area (Å²) in [4.78, 5) is 12.0. The molecule has 118 valence electrons. The van der Waals surface area contributed by atoms with E-state index >= 15 is 0 Å². The number of furan rings is 1. The van der Waals surface area contributed by atoms with Crippen LogP contribution in [0.4, 0.5) is 0 Å². The van der Waals surface area contributed by atoms with Gasteiger partial charge in [0.15, 0.2) is 9.84 Å². The van der Waals surface area contributed by atoms with Crippen molar-refractivity contribution in [1.29, 1.82) is 0 Å². The van der Waals surface area contributed by atoms with Gasteiger partial charge in [0, 0.05) is 6.26 Å². The van der Waals surface area contributed by atoms with Crippen LogP contribution in [-0.2, 0) is 20.3 Å². The standard InChI is InChI=1S/C16H18O5S/c1-11-5-4-6-13(9-11)12(2)20-16(17)15-8-7-14(21-15)10-22(3,18)19/h4-9,12H,10H2,1-3H3. The first-order chi connectivity index (χ1) is 10.2. The van der Waals surface area contributed by atoms with Crippen LogP contribution in [-0.4, -0.2) is 20.6 Å². The highest BCUT2D eigenvalue weighted by atomic mass is 32.2. The smallest absolute Gasteiger partial charge is 0.374 e. The van der Waals surface area contributed by atoms with Gasteiger partial charge in [0.2, 0.25) is 5.76 Å². The second-order valence-corrected chi connectivity index (χ2v) is 7.44. The maximum atomic E-state index is 12.0. The molecule has 0 spiro atoms. The molecule has 1 atom stereocenters. The molecule has 0 aliphatic heterocycles. The summed E-state index contributed by atoms with van der Waals surface area (Å²) in [6.07, 6.45) is 0.684. The largest absolute Gasteiger partial charge is 0.453 e. The number of carbonyl (C=O) groups is 1. The van der Waals surface area contributed by atoms with E-state index in [1.165, 1.54) is 12.1 Å². The van der Waals surface area contributed by atoms with Crippen LogP contribution in [0.5, 0.6) is 0 Å². The van der Waals surface area contributed by atoms with Gasteiger partial charge in [0.25, 0.3) is 0 Å². The molecule has 0 radical (unpaired) electrons. The molecule has 22 heavy (non-hydrogen) atoms. The molecule has 1 aromatic carbocycles. The molecular weight excluding hydrogens is 304 g/mol. The van der Waals surface area contributed by atoms with Gasteiger partial charge in [-0.25, -0.2) is 13.2 Å². The molecule has 0 N–H and O–H groups in total. The molecule has 2 rings (SSSR count). The van der Waals surface area contributed by atoms with Crippen LogP contribution < -0.4 is 0 Å². The summed E-state index contributed by atoms with van der Waals surface area (Å²) in [6.45, 7) is 3.73. The third kappa shape index (κ3) is 4.46. The maximum Gasteiger partial charge on any atom is 0.374 e. The number of ether oxygens (including phenoxy) is 1. The molecular formula is C16H18O5S. The Balaban J connectivity index is 2.06. The van der Waals surface area contributed by atoms with Crippen molar-refractivity contribution in [2.75, 3.05) is 6.26 Å². The van der Waals surface area contributed by atoms with Gasteiger partial charge in [-0.15, -0.1) is 0 Å². The minimum Gasteiger partial charge on any atom is -0.453 e. The van der Waals surface area contributed by atoms with Crippen LogP contribution in [0.1, 0.15) is 40.5 Å². The topological polar surface area (TPSA) is 73.6 Å². The summed E-state index contributed by atoms with van der Waals surface area (Å²) in [5.41, 5.74) is 1.96. The molecule has 0 aliphatic rings. The fourth-order valence-corrected chi connectivity index (χ4v) is 2.71. The van der Waals surface area contributed by atoms with Crippen LogP contribution in [0.15, 0.2) is 40.8 Å². The van der Waals surface area contributed by atoms with E-state index in [4.69, 9.17) is 9.15 Å². The minimum atomic E-state index is -3.21. The zero-order valence-electron chi connectivity index (χ0n) is 12.7. The molecule has 0 amide bonds. The SMILES string of the molecule is Cc1cccc(C(C)OC(=O)c2ccc(CS(C)(=O)=O)o2)c1. The van der Waals surface area contributed by atoms with Crippen molar-refractivity contribution in [2.45, 2.75) is 25.7 Å². The van der Waals surface area contributed by atoms with E-state index in [1.807, 2.05) is 31.2 Å². The van der Waals surface area contributed by atoms with E-state index in [0.29, 0.717) is 0 Å². The lowest BCUT2D eigenvalue weighted by Crippen LogP contribution is -2.08. The molecule has 0 fully saturated rings. The lowest BCUT2D eigenvalue weighted by molar-refractivity contribution is 0.0299. The van der Waals surface area contributed by atoms with Gasteiger partial charge >= 0.3 is 5.97 Å². The molecule has 0 bridgehead atoms. The Labute approximate surface area is 129 Å². The Kier molecular flexibility index (Phi) is 4.71. The summed E-state index contributed by atoms with van der Waals surface area (Å²) < 4.78 is 33.0. The van der Waals surface area contributed by atoms with E-state index in [-0.39, 0.29) is 17.3 Å². The summed E-state index contributed by atoms with van der Waals surface area (Å²) in [5.74, 6) is -0.641. The van der Waals surface area contributed by atoms with Crippen LogP contribution >= 0.6 is 0 Å². The van der Waals surface area contributed by atoms with Gasteiger partial charge in [0.05, 0.1) is 0 Å². The van der Waals surface area contributed by atoms with Gasteiger partial charge in [-0.1, -0.05) is 29.8 Å². The van der Waals surface area contributed by atoms with Crippen molar-refractivity contribution in [1.82, 2.24) is 0 Å². The molecule has 6 heteroatoms. The number of rotatable bonds is 5. The highest BCUT2D eigenvalue weighted by Crippen LogP contribution is 2.20. The van der Waals surface area contributed by atoms with E-state index in [9.17, 15) is 13.2 Å². The van der Waals surface area contributed by atoms with Gasteiger partial charge in [-0.3, -0.25) is 0 Å². The summed E-state index contributed by atoms with van der Waals surface area (Å²) >= 11 is 0. The summed E-state index contributed by atoms with van der Waals surface area (Å²) in [6, 6.07) is 10.6. The van der Waals surface area contributed by atoms with Crippen molar-refractivity contribution in [3.8, 4) is 0 Å². The third-order valence-electron chi connectivity index (χ3n) is 3.06. The second-order valence-electron chi connectivity index (χ2n) is 5.30. The van der Waals surface area contributed by atoms with E-state index in [2.05, 4.69) is 0 Å². The number of esters is 1. The second kappa shape index (κ2) is 6.36. The first-order valence-electron chi connectivity index (χ1n) is 6.78. The Morgan fingerprint density at radius 3 is 2.64 bits per heavy atom. The van der Waals surface area contributed by atoms with Gasteiger partial charge in [0.1, 0.15) is 17.6 Å². The Hall–Kier alpha value is -2.08. The number of benzene rings is 1. The monoisotopic (exact) mass is 322 g/mol. The molecule has 0 saturated carbocycles. The third-order valence-corrected chi connectivity index (χ3v) is 3.87. The average Bonchev–Trinajstić information content (AvgIpc) is 2.85. The summed E-state index contributed by atoms with van der Waals surface area (Å²) in [5, 5.41) is 0. The number of hydrogen-bond acceptors (Lipinski definition) is 5. The highest BCUT2D eigenvalue weighted by Gasteiger charge is 2.18. The average molecular weight is 322 g/mol. The quantitative estimate of drug-likeness (QED) is 0.791. The zero-order chi connectivity index (χ0) is 16.3. The first-order valence-corrected chi connectivity index (χ1v) is 8.84. The van der Waals surface area contributed by atoms with E-state index < -0.39 is 21.9 Å². The van der Waals surface area contributed by atoms with Crippen molar-refractivity contribution in [3.05, 3.63) is 59.0 Å². The molecule has 1 heterocycles. The number of carbonyl (C=O) groups excluding carboxylic acids is 1. The molecule has 1 aromatic heterocycles. The highest BCUT2D eigenvalue weighted by molar-refractivity contribution is 7.89. The van der Waals surface area contributed by atoms with E-state index in [1.54, 1.807) is 6.92 Å². The van der Waals surface area contributed by atoms with Crippen molar-refractivity contribution in [3.63, 3.8) is 0 Å². The normalized spacial score (nSPS) is 12.9. The predicted octanol–water partition coefficient (Wildman–Crippen LogP) is 3.05. The number of aryl methyl sites for hydroxylation is 1. The van der Waals surface area contributed by atoms with Gasteiger partial charge < -0.3 is 9.15 Å².